The van der Waals surface area contributed by atoms with Crippen molar-refractivity contribution in [2.24, 2.45) is 0 Å². The molecule has 0 bridgehead atoms. The van der Waals surface area contributed by atoms with Crippen LogP contribution < -0.4 is 4.90 Å². The molecule has 0 saturated carbocycles. The van der Waals surface area contributed by atoms with E-state index >= 15 is 0 Å². The average molecular weight is 666 g/mol. The molecule has 9 rings (SSSR count). The monoisotopic (exact) mass is 665 g/mol. The van der Waals surface area contributed by atoms with Gasteiger partial charge in [0.1, 0.15) is 0 Å². The highest BCUT2D eigenvalue weighted by Crippen LogP contribution is 2.54. The van der Waals surface area contributed by atoms with Crippen molar-refractivity contribution in [3.05, 3.63) is 211 Å². The van der Waals surface area contributed by atoms with Crippen molar-refractivity contribution >= 4 is 17.1 Å². The molecule has 0 heterocycles. The second-order valence-corrected chi connectivity index (χ2v) is 14.2. The highest BCUT2D eigenvalue weighted by Gasteiger charge is 2.38. The first-order chi connectivity index (χ1) is 25.6. The molecule has 0 spiro atoms. The molecule has 52 heavy (non-hydrogen) atoms. The summed E-state index contributed by atoms with van der Waals surface area (Å²) in [5, 5.41) is 0. The number of benzene rings is 8. The van der Waals surface area contributed by atoms with Gasteiger partial charge in [0.15, 0.2) is 0 Å². The molecule has 0 fully saturated rings. The smallest absolute Gasteiger partial charge is 0.0540 e. The maximum Gasteiger partial charge on any atom is 0.0540 e. The minimum absolute atomic E-state index is 0.123. The van der Waals surface area contributed by atoms with E-state index in [1.807, 2.05) is 0 Å². The SMILES string of the molecule is CC1(C)c2ccccc2-c2cc(-c3ccccc3N(c3ccc(-c4ccccc4)cc3)c3ccc(-c4ccccc4)cc3)cc(-c3ccccc3)c21. The van der Waals surface area contributed by atoms with E-state index in [1.165, 1.54) is 66.8 Å². The lowest BCUT2D eigenvalue weighted by Crippen LogP contribution is -2.16. The Balaban J connectivity index is 1.24. The van der Waals surface area contributed by atoms with E-state index in [4.69, 9.17) is 0 Å². The van der Waals surface area contributed by atoms with E-state index < -0.39 is 0 Å². The maximum absolute atomic E-state index is 2.43. The van der Waals surface area contributed by atoms with E-state index in [1.54, 1.807) is 0 Å². The van der Waals surface area contributed by atoms with Crippen molar-refractivity contribution in [1.29, 1.82) is 0 Å². The third-order valence-corrected chi connectivity index (χ3v) is 10.7. The number of fused-ring (bicyclic) bond motifs is 3. The van der Waals surface area contributed by atoms with Crippen molar-refractivity contribution < 1.29 is 0 Å². The number of rotatable bonds is 7. The Morgan fingerprint density at radius 2 is 0.750 bits per heavy atom. The van der Waals surface area contributed by atoms with Crippen molar-refractivity contribution in [3.63, 3.8) is 0 Å². The van der Waals surface area contributed by atoms with E-state index in [-0.39, 0.29) is 5.41 Å². The van der Waals surface area contributed by atoms with Crippen LogP contribution in [0.15, 0.2) is 200 Å². The van der Waals surface area contributed by atoms with Gasteiger partial charge in [-0.05, 0) is 104 Å². The van der Waals surface area contributed by atoms with Crippen LogP contribution in [0.25, 0.3) is 55.6 Å². The molecule has 1 aliphatic carbocycles. The van der Waals surface area contributed by atoms with Crippen molar-refractivity contribution in [3.8, 4) is 55.6 Å². The van der Waals surface area contributed by atoms with Gasteiger partial charge in [-0.15, -0.1) is 0 Å². The van der Waals surface area contributed by atoms with Crippen LogP contribution in [0.3, 0.4) is 0 Å². The predicted octanol–water partition coefficient (Wildman–Crippen LogP) is 14.1. The second kappa shape index (κ2) is 13.0. The standard InChI is InChI=1S/C51H39N/c1-51(2)48-24-14-12-23-45(48)47-35-41(34-46(50(47)51)40-20-10-5-11-21-40)44-22-13-15-25-49(44)52(42-30-26-38(27-31-42)36-16-6-3-7-17-36)43-32-28-39(29-33-43)37-18-8-4-9-19-37/h3-35H,1-2H3. The lowest BCUT2D eigenvalue weighted by atomic mass is 9.78. The van der Waals surface area contributed by atoms with E-state index in [2.05, 4.69) is 219 Å². The first-order valence-electron chi connectivity index (χ1n) is 18.1. The fraction of sp³-hybridized carbons (Fsp3) is 0.0588. The van der Waals surface area contributed by atoms with E-state index in [9.17, 15) is 0 Å². The van der Waals surface area contributed by atoms with Gasteiger partial charge in [0, 0.05) is 22.4 Å². The Labute approximate surface area is 307 Å². The molecule has 0 atom stereocenters. The van der Waals surface area contributed by atoms with Crippen LogP contribution in [0.2, 0.25) is 0 Å². The molecular weight excluding hydrogens is 627 g/mol. The lowest BCUT2D eigenvalue weighted by Gasteiger charge is -2.29. The van der Waals surface area contributed by atoms with Crippen LogP contribution in [0.4, 0.5) is 17.1 Å². The highest BCUT2D eigenvalue weighted by atomic mass is 15.1. The van der Waals surface area contributed by atoms with Gasteiger partial charge in [0.05, 0.1) is 5.69 Å². The zero-order valence-corrected chi connectivity index (χ0v) is 29.5. The molecule has 0 N–H and O–H groups in total. The Hall–Kier alpha value is -6.44. The summed E-state index contributed by atoms with van der Waals surface area (Å²) >= 11 is 0. The first kappa shape index (κ1) is 31.5. The van der Waals surface area contributed by atoms with Crippen LogP contribution in [-0.2, 0) is 5.41 Å². The maximum atomic E-state index is 2.43. The fourth-order valence-corrected chi connectivity index (χ4v) is 8.13. The van der Waals surface area contributed by atoms with Gasteiger partial charge in [0.25, 0.3) is 0 Å². The van der Waals surface area contributed by atoms with E-state index in [0.717, 1.165) is 17.1 Å². The summed E-state index contributed by atoms with van der Waals surface area (Å²) in [6.07, 6.45) is 0. The normalized spacial score (nSPS) is 12.6. The summed E-state index contributed by atoms with van der Waals surface area (Å²) in [7, 11) is 0. The predicted molar refractivity (Wildman–Crippen MR) is 220 cm³/mol. The van der Waals surface area contributed by atoms with Crippen LogP contribution >= 0.6 is 0 Å². The van der Waals surface area contributed by atoms with Crippen LogP contribution in [-0.4, -0.2) is 0 Å². The zero-order valence-electron chi connectivity index (χ0n) is 29.5. The summed E-state index contributed by atoms with van der Waals surface area (Å²) in [6.45, 7) is 4.75. The number of para-hydroxylation sites is 1. The quantitative estimate of drug-likeness (QED) is 0.164. The molecule has 0 unspecified atom stereocenters. The number of hydrogen-bond donors (Lipinski definition) is 0. The molecule has 0 aliphatic heterocycles. The summed E-state index contributed by atoms with van der Waals surface area (Å²) in [5.74, 6) is 0. The molecule has 0 amide bonds. The van der Waals surface area contributed by atoms with Crippen molar-refractivity contribution in [2.75, 3.05) is 4.90 Å². The Kier molecular flexibility index (Phi) is 7.90. The molecule has 8 aromatic rings. The number of nitrogens with zero attached hydrogens (tertiary/aromatic N) is 1. The topological polar surface area (TPSA) is 3.24 Å². The average Bonchev–Trinajstić information content (AvgIpc) is 3.45. The third kappa shape index (κ3) is 5.52. The first-order valence-corrected chi connectivity index (χ1v) is 18.1. The molecule has 1 nitrogen and oxygen atoms in total. The largest absolute Gasteiger partial charge is 0.310 e. The van der Waals surface area contributed by atoms with Gasteiger partial charge in [-0.3, -0.25) is 0 Å². The van der Waals surface area contributed by atoms with Crippen molar-refractivity contribution in [1.82, 2.24) is 0 Å². The van der Waals surface area contributed by atoms with Crippen LogP contribution in [0.5, 0.6) is 0 Å². The minimum Gasteiger partial charge on any atom is -0.310 e. The van der Waals surface area contributed by atoms with Gasteiger partial charge in [-0.25, -0.2) is 0 Å². The second-order valence-electron chi connectivity index (χ2n) is 14.2. The lowest BCUT2D eigenvalue weighted by molar-refractivity contribution is 0.662. The van der Waals surface area contributed by atoms with Gasteiger partial charge in [0.2, 0.25) is 0 Å². The van der Waals surface area contributed by atoms with Crippen LogP contribution in [0.1, 0.15) is 25.0 Å². The van der Waals surface area contributed by atoms with Gasteiger partial charge in [-0.1, -0.05) is 172 Å². The molecule has 0 saturated heterocycles. The molecule has 248 valence electrons. The molecule has 0 aromatic heterocycles. The summed E-state index contributed by atoms with van der Waals surface area (Å²) in [4.78, 5) is 2.41. The Bertz CT molecular complexity index is 2410. The fourth-order valence-electron chi connectivity index (χ4n) is 8.13. The molecule has 1 heteroatoms. The number of anilines is 3. The Morgan fingerprint density at radius 3 is 1.31 bits per heavy atom. The summed E-state index contributed by atoms with van der Waals surface area (Å²) in [5.41, 5.74) is 18.4. The third-order valence-electron chi connectivity index (χ3n) is 10.7. The molecule has 0 radical (unpaired) electrons. The van der Waals surface area contributed by atoms with Crippen LogP contribution in [0, 0.1) is 0 Å². The van der Waals surface area contributed by atoms with E-state index in [0.29, 0.717) is 0 Å². The zero-order chi connectivity index (χ0) is 35.1. The molecule has 1 aliphatic rings. The molecule has 8 aromatic carbocycles. The summed E-state index contributed by atoms with van der Waals surface area (Å²) < 4.78 is 0. The van der Waals surface area contributed by atoms with Gasteiger partial charge in [-0.2, -0.15) is 0 Å². The molecular formula is C51H39N. The van der Waals surface area contributed by atoms with Crippen molar-refractivity contribution in [2.45, 2.75) is 19.3 Å². The Morgan fingerprint density at radius 1 is 0.327 bits per heavy atom. The van der Waals surface area contributed by atoms with Gasteiger partial charge < -0.3 is 4.90 Å². The van der Waals surface area contributed by atoms with Gasteiger partial charge >= 0.3 is 0 Å². The minimum atomic E-state index is -0.123. The highest BCUT2D eigenvalue weighted by molar-refractivity contribution is 5.96. The summed E-state index contributed by atoms with van der Waals surface area (Å²) in [6, 6.07) is 72.7. The number of hydrogen-bond acceptors (Lipinski definition) is 1.